The van der Waals surface area contributed by atoms with Crippen molar-refractivity contribution < 1.29 is 41.7 Å². The quantitative estimate of drug-likeness (QED) is 0.236. The van der Waals surface area contributed by atoms with Gasteiger partial charge in [0.1, 0.15) is 28.7 Å². The first-order chi connectivity index (χ1) is 19.9. The Balaban J connectivity index is 0.000000262. The number of unbranched alkanes of at least 4 members (excludes halogenated alkanes) is 1. The fraction of sp³-hybridized carbons (Fsp3) is 0.367. The van der Waals surface area contributed by atoms with Crippen LogP contribution in [-0.4, -0.2) is 41.4 Å². The van der Waals surface area contributed by atoms with Crippen LogP contribution in [0.15, 0.2) is 59.6 Å². The van der Waals surface area contributed by atoms with Crippen LogP contribution in [0.3, 0.4) is 0 Å². The monoisotopic (exact) mass is 606 g/mol. The Morgan fingerprint density at radius 3 is 2.12 bits per heavy atom. The molecule has 0 radical (unpaired) electrons. The van der Waals surface area contributed by atoms with E-state index in [0.717, 1.165) is 56.5 Å². The summed E-state index contributed by atoms with van der Waals surface area (Å²) in [5.74, 6) is -2.88. The number of aromatic carboxylic acids is 1. The first-order valence-electron chi connectivity index (χ1n) is 13.6. The van der Waals surface area contributed by atoms with Gasteiger partial charge in [0.05, 0.1) is 16.7 Å². The van der Waals surface area contributed by atoms with Crippen LogP contribution in [0.5, 0.6) is 17.4 Å². The van der Waals surface area contributed by atoms with E-state index in [-0.39, 0.29) is 28.2 Å². The summed E-state index contributed by atoms with van der Waals surface area (Å²) in [6.07, 6.45) is 8.27. The summed E-state index contributed by atoms with van der Waals surface area (Å²) in [5, 5.41) is 18.3. The summed E-state index contributed by atoms with van der Waals surface area (Å²) in [7, 11) is -3.76. The van der Waals surface area contributed by atoms with Crippen molar-refractivity contribution in [2.24, 2.45) is 0 Å². The summed E-state index contributed by atoms with van der Waals surface area (Å²) in [6, 6.07) is 9.42. The minimum absolute atomic E-state index is 0.00416. The minimum Gasteiger partial charge on any atom is -0.507 e. The zero-order valence-electron chi connectivity index (χ0n) is 23.8. The number of hydrogen-bond acceptors (Lipinski definition) is 7. The second-order valence-electron chi connectivity index (χ2n) is 9.56. The summed E-state index contributed by atoms with van der Waals surface area (Å²) in [4.78, 5) is 25.8. The predicted molar refractivity (Wildman–Crippen MR) is 154 cm³/mol. The maximum atomic E-state index is 13.0. The van der Waals surface area contributed by atoms with Crippen molar-refractivity contribution in [2.75, 3.05) is 0 Å². The van der Waals surface area contributed by atoms with Gasteiger partial charge in [0.25, 0.3) is 0 Å². The number of benzene rings is 2. The van der Waals surface area contributed by atoms with Gasteiger partial charge in [-0.3, -0.25) is 4.79 Å². The number of aromatic hydroxyl groups is 1. The van der Waals surface area contributed by atoms with Crippen LogP contribution in [0.1, 0.15) is 86.4 Å². The van der Waals surface area contributed by atoms with E-state index in [1.165, 1.54) is 50.1 Å². The van der Waals surface area contributed by atoms with Gasteiger partial charge in [-0.05, 0) is 68.3 Å². The number of carboxylic acid groups (broad SMARTS) is 1. The molecule has 0 atom stereocenters. The molecule has 0 saturated heterocycles. The number of nitrogens with one attached hydrogen (secondary N) is 1. The third kappa shape index (κ3) is 10.8. The van der Waals surface area contributed by atoms with Crippen molar-refractivity contribution in [1.29, 1.82) is 0 Å². The number of pyridine rings is 1. The number of ether oxygens (including phenoxy) is 1. The molecule has 1 fully saturated rings. The molecule has 0 spiro atoms. The summed E-state index contributed by atoms with van der Waals surface area (Å²) in [6.45, 7) is 5.65. The number of carbonyl (C=O) groups excluding carboxylic acids is 1. The van der Waals surface area contributed by atoms with Crippen molar-refractivity contribution in [1.82, 2.24) is 9.71 Å². The van der Waals surface area contributed by atoms with Gasteiger partial charge in [0.15, 0.2) is 5.78 Å². The largest absolute Gasteiger partial charge is 0.507 e. The van der Waals surface area contributed by atoms with Crippen molar-refractivity contribution in [3.63, 3.8) is 0 Å². The number of carboxylic acids is 1. The lowest BCUT2D eigenvalue weighted by Gasteiger charge is -2.22. The van der Waals surface area contributed by atoms with Gasteiger partial charge in [-0.15, -0.1) is 0 Å². The zero-order chi connectivity index (χ0) is 31.3. The predicted octanol–water partition coefficient (Wildman–Crippen LogP) is 6.86. The lowest BCUT2D eigenvalue weighted by Crippen LogP contribution is -2.36. The number of Topliss-reactive ketones (excluding diaryl/α,β-unsaturated/α-hetero) is 1. The molecule has 42 heavy (non-hydrogen) atoms. The highest BCUT2D eigenvalue weighted by molar-refractivity contribution is 7.89. The second kappa shape index (κ2) is 16.5. The Hall–Kier alpha value is -3.90. The molecule has 228 valence electrons. The average Bonchev–Trinajstić information content (AvgIpc) is 2.96. The maximum absolute atomic E-state index is 13.0. The molecule has 4 rings (SSSR count). The van der Waals surface area contributed by atoms with Crippen molar-refractivity contribution in [3.8, 4) is 17.4 Å². The number of phenols is 1. The molecule has 3 aromatic rings. The summed E-state index contributed by atoms with van der Waals surface area (Å²) < 4.78 is 58.0. The molecule has 1 aliphatic rings. The van der Waals surface area contributed by atoms with Crippen LogP contribution in [-0.2, 0) is 10.0 Å². The summed E-state index contributed by atoms with van der Waals surface area (Å²) >= 11 is 0. The lowest BCUT2D eigenvalue weighted by molar-refractivity contribution is 0.0693. The Labute approximate surface area is 244 Å². The van der Waals surface area contributed by atoms with Gasteiger partial charge in [-0.25, -0.2) is 31.7 Å². The van der Waals surface area contributed by atoms with Crippen LogP contribution < -0.4 is 9.46 Å². The Morgan fingerprint density at radius 2 is 1.57 bits per heavy atom. The molecule has 1 aliphatic carbocycles. The average molecular weight is 607 g/mol. The first-order valence-corrected chi connectivity index (χ1v) is 15.0. The van der Waals surface area contributed by atoms with Crippen molar-refractivity contribution in [2.45, 2.75) is 76.7 Å². The number of aromatic nitrogens is 1. The van der Waals surface area contributed by atoms with E-state index < -0.39 is 38.9 Å². The van der Waals surface area contributed by atoms with Crippen molar-refractivity contribution >= 4 is 21.8 Å². The number of rotatable bonds is 8. The molecule has 0 unspecified atom stereocenters. The van der Waals surface area contributed by atoms with E-state index in [4.69, 9.17) is 9.84 Å². The fourth-order valence-corrected chi connectivity index (χ4v) is 5.07. The molecule has 1 saturated carbocycles. The van der Waals surface area contributed by atoms with Crippen LogP contribution in [0.4, 0.5) is 8.78 Å². The highest BCUT2D eigenvalue weighted by Gasteiger charge is 2.23. The van der Waals surface area contributed by atoms with Gasteiger partial charge in [-0.2, -0.15) is 0 Å². The van der Waals surface area contributed by atoms with E-state index >= 15 is 0 Å². The smallest absolute Gasteiger partial charge is 0.339 e. The van der Waals surface area contributed by atoms with Gasteiger partial charge < -0.3 is 14.9 Å². The molecule has 2 aromatic carbocycles. The van der Waals surface area contributed by atoms with E-state index in [0.29, 0.717) is 5.75 Å². The molecule has 9 nitrogen and oxygen atoms in total. The standard InChI is InChI=1S/C13H9F2NO2.C13H17NO5S.C4H10/c1-8(17)12-6-10(15)7-16-13(12)18-11-4-2-9(14)3-5-11;15-12-7-6-10(8-11(12)13(16)17)20(18,19)14-9-4-2-1-3-5-9;1-3-4-2/h2-7H,1H3;6-9,14-15H,1-5H2,(H,16,17);3-4H2,1-2H3. The molecular formula is C30H36F2N2O7S. The minimum atomic E-state index is -3.76. The number of nitrogens with zero attached hydrogens (tertiary/aromatic N) is 1. The third-order valence-corrected chi connectivity index (χ3v) is 7.68. The molecule has 0 bridgehead atoms. The van der Waals surface area contributed by atoms with E-state index in [9.17, 15) is 31.9 Å². The van der Waals surface area contributed by atoms with Crippen LogP contribution in [0.2, 0.25) is 0 Å². The number of sulfonamides is 1. The van der Waals surface area contributed by atoms with E-state index in [2.05, 4.69) is 23.6 Å². The van der Waals surface area contributed by atoms with Gasteiger partial charge >= 0.3 is 5.97 Å². The highest BCUT2D eigenvalue weighted by atomic mass is 32.2. The Bertz CT molecular complexity index is 1440. The topological polar surface area (TPSA) is 143 Å². The van der Waals surface area contributed by atoms with Crippen molar-refractivity contribution in [3.05, 3.63) is 77.5 Å². The van der Waals surface area contributed by atoms with Crippen LogP contribution in [0, 0.1) is 11.6 Å². The van der Waals surface area contributed by atoms with Gasteiger partial charge in [0.2, 0.25) is 15.9 Å². The van der Waals surface area contributed by atoms with E-state index in [1.807, 2.05) is 0 Å². The van der Waals surface area contributed by atoms with Gasteiger partial charge in [-0.1, -0.05) is 46.0 Å². The number of hydrogen-bond donors (Lipinski definition) is 3. The second-order valence-corrected chi connectivity index (χ2v) is 11.3. The molecule has 0 amide bonds. The zero-order valence-corrected chi connectivity index (χ0v) is 24.6. The fourth-order valence-electron chi connectivity index (χ4n) is 3.74. The normalized spacial score (nSPS) is 13.2. The number of halogens is 2. The highest BCUT2D eigenvalue weighted by Crippen LogP contribution is 2.25. The third-order valence-electron chi connectivity index (χ3n) is 6.16. The van der Waals surface area contributed by atoms with Gasteiger partial charge in [0, 0.05) is 6.04 Å². The molecule has 1 heterocycles. The van der Waals surface area contributed by atoms with Crippen LogP contribution >= 0.6 is 0 Å². The number of ketones is 1. The summed E-state index contributed by atoms with van der Waals surface area (Å²) in [5.41, 5.74) is -0.379. The van der Waals surface area contributed by atoms with E-state index in [1.54, 1.807) is 0 Å². The molecule has 3 N–H and O–H groups in total. The number of carbonyl (C=O) groups is 2. The SMILES string of the molecule is CC(=O)c1cc(F)cnc1Oc1ccc(F)cc1.CCCC.O=C(O)c1cc(S(=O)(=O)NC2CCCCC2)ccc1O. The first kappa shape index (κ1) is 34.3. The molecule has 12 heteroatoms. The molecule has 1 aromatic heterocycles. The molecular weight excluding hydrogens is 570 g/mol. The van der Waals surface area contributed by atoms with Crippen LogP contribution in [0.25, 0.3) is 0 Å². The Kier molecular flexibility index (Phi) is 13.5. The Morgan fingerprint density at radius 1 is 0.952 bits per heavy atom. The lowest BCUT2D eigenvalue weighted by atomic mass is 9.96. The molecule has 0 aliphatic heterocycles. The maximum Gasteiger partial charge on any atom is 0.339 e.